The van der Waals surface area contributed by atoms with Crippen molar-refractivity contribution in [3.63, 3.8) is 0 Å². The summed E-state index contributed by atoms with van der Waals surface area (Å²) < 4.78 is 29.7. The summed E-state index contributed by atoms with van der Waals surface area (Å²) >= 11 is 7.49. The van der Waals surface area contributed by atoms with Gasteiger partial charge in [-0.25, -0.2) is 4.39 Å². The molecule has 8 heteroatoms. The summed E-state index contributed by atoms with van der Waals surface area (Å²) in [5.41, 5.74) is 1.16. The number of carbonyl (C=O) groups is 1. The zero-order chi connectivity index (χ0) is 21.2. The summed E-state index contributed by atoms with van der Waals surface area (Å²) in [5.74, 6) is 1.99. The van der Waals surface area contributed by atoms with Crippen LogP contribution >= 0.6 is 23.4 Å². The second kappa shape index (κ2) is 11.6. The molecule has 0 saturated carbocycles. The molecule has 0 unspecified atom stereocenters. The molecule has 29 heavy (non-hydrogen) atoms. The van der Waals surface area contributed by atoms with Crippen LogP contribution in [0.3, 0.4) is 0 Å². The van der Waals surface area contributed by atoms with Crippen LogP contribution in [0.25, 0.3) is 6.08 Å². The van der Waals surface area contributed by atoms with Crippen molar-refractivity contribution in [2.45, 2.75) is 5.75 Å². The molecule has 5 nitrogen and oxygen atoms in total. The fourth-order valence-electron chi connectivity index (χ4n) is 2.57. The minimum absolute atomic E-state index is 0.244. The first kappa shape index (κ1) is 22.9. The second-order valence-corrected chi connectivity index (χ2v) is 7.31. The van der Waals surface area contributed by atoms with Gasteiger partial charge in [-0.1, -0.05) is 17.7 Å². The van der Waals surface area contributed by atoms with Crippen LogP contribution in [0, 0.1) is 5.82 Å². The maximum atomic E-state index is 13.7. The fourth-order valence-corrected chi connectivity index (χ4v) is 3.77. The third-order valence-electron chi connectivity index (χ3n) is 4.00. The lowest BCUT2D eigenvalue weighted by molar-refractivity contribution is -0.116. The van der Waals surface area contributed by atoms with E-state index in [4.69, 9.17) is 25.8 Å². The zero-order valence-corrected chi connectivity index (χ0v) is 18.0. The molecule has 0 atom stereocenters. The third kappa shape index (κ3) is 6.30. The first-order valence-corrected chi connectivity index (χ1v) is 10.3. The number of nitrogens with one attached hydrogen (secondary N) is 1. The summed E-state index contributed by atoms with van der Waals surface area (Å²) in [7, 11) is 4.58. The summed E-state index contributed by atoms with van der Waals surface area (Å²) in [4.78, 5) is 12.0. The lowest BCUT2D eigenvalue weighted by Crippen LogP contribution is -2.23. The van der Waals surface area contributed by atoms with E-state index in [-0.39, 0.29) is 11.7 Å². The van der Waals surface area contributed by atoms with Crippen LogP contribution in [-0.2, 0) is 10.5 Å². The summed E-state index contributed by atoms with van der Waals surface area (Å²) in [6.45, 7) is 0.447. The molecule has 0 bridgehead atoms. The molecule has 0 aliphatic carbocycles. The lowest BCUT2D eigenvalue weighted by atomic mass is 10.1. The first-order valence-electron chi connectivity index (χ1n) is 8.77. The zero-order valence-electron chi connectivity index (χ0n) is 16.5. The second-order valence-electron chi connectivity index (χ2n) is 5.80. The Bertz CT molecular complexity index is 856. The molecule has 156 valence electrons. The first-order chi connectivity index (χ1) is 14.0. The van der Waals surface area contributed by atoms with Gasteiger partial charge in [0.1, 0.15) is 5.82 Å². The number of hydrogen-bond acceptors (Lipinski definition) is 5. The summed E-state index contributed by atoms with van der Waals surface area (Å²) in [6.07, 6.45) is 3.06. The van der Waals surface area contributed by atoms with E-state index in [1.165, 1.54) is 38.1 Å². The Morgan fingerprint density at radius 3 is 2.55 bits per heavy atom. The third-order valence-corrected chi connectivity index (χ3v) is 5.34. The number of halogens is 2. The maximum absolute atomic E-state index is 13.7. The van der Waals surface area contributed by atoms with Crippen LogP contribution in [0.1, 0.15) is 11.1 Å². The van der Waals surface area contributed by atoms with E-state index < -0.39 is 0 Å². The number of carbonyl (C=O) groups excluding carboxylic acids is 1. The highest BCUT2D eigenvalue weighted by molar-refractivity contribution is 7.98. The van der Waals surface area contributed by atoms with Crippen molar-refractivity contribution in [2.24, 2.45) is 0 Å². The van der Waals surface area contributed by atoms with Gasteiger partial charge in [-0.15, -0.1) is 0 Å². The van der Waals surface area contributed by atoms with Crippen molar-refractivity contribution < 1.29 is 23.4 Å². The monoisotopic (exact) mass is 439 g/mol. The van der Waals surface area contributed by atoms with Crippen LogP contribution < -0.4 is 19.5 Å². The molecule has 2 aromatic carbocycles. The van der Waals surface area contributed by atoms with Gasteiger partial charge in [-0.05, 0) is 30.3 Å². The van der Waals surface area contributed by atoms with E-state index in [9.17, 15) is 9.18 Å². The van der Waals surface area contributed by atoms with E-state index in [0.29, 0.717) is 51.4 Å². The Labute approximate surface area is 179 Å². The number of methoxy groups -OCH3 is 3. The molecule has 0 radical (unpaired) electrons. The number of thioether (sulfide) groups is 1. The Morgan fingerprint density at radius 1 is 1.14 bits per heavy atom. The highest BCUT2D eigenvalue weighted by atomic mass is 35.5. The molecule has 0 aliphatic rings. The van der Waals surface area contributed by atoms with Crippen molar-refractivity contribution >= 4 is 35.3 Å². The Kier molecular flexibility index (Phi) is 9.15. The molecule has 0 aliphatic heterocycles. The minimum atomic E-state index is -0.319. The van der Waals surface area contributed by atoms with Gasteiger partial charge < -0.3 is 19.5 Å². The molecule has 0 spiro atoms. The van der Waals surface area contributed by atoms with Crippen molar-refractivity contribution in [1.29, 1.82) is 0 Å². The van der Waals surface area contributed by atoms with Crippen molar-refractivity contribution in [3.05, 3.63) is 58.4 Å². The van der Waals surface area contributed by atoms with E-state index in [2.05, 4.69) is 5.32 Å². The van der Waals surface area contributed by atoms with Gasteiger partial charge in [0, 0.05) is 40.3 Å². The maximum Gasteiger partial charge on any atom is 0.244 e. The topological polar surface area (TPSA) is 56.8 Å². The van der Waals surface area contributed by atoms with Gasteiger partial charge in [-0.2, -0.15) is 11.8 Å². The normalized spacial score (nSPS) is 10.8. The molecule has 0 heterocycles. The summed E-state index contributed by atoms with van der Waals surface area (Å²) in [6, 6.07) is 8.14. The molecule has 2 rings (SSSR count). The highest BCUT2D eigenvalue weighted by Crippen LogP contribution is 2.40. The number of benzene rings is 2. The van der Waals surface area contributed by atoms with E-state index in [1.807, 2.05) is 0 Å². The van der Waals surface area contributed by atoms with Crippen LogP contribution in [0.15, 0.2) is 36.4 Å². The summed E-state index contributed by atoms with van der Waals surface area (Å²) in [5, 5.41) is 3.20. The van der Waals surface area contributed by atoms with Gasteiger partial charge in [0.2, 0.25) is 11.7 Å². The molecule has 1 N–H and O–H groups in total. The largest absolute Gasteiger partial charge is 0.493 e. The van der Waals surface area contributed by atoms with Crippen LogP contribution in [0.4, 0.5) is 4.39 Å². The Morgan fingerprint density at radius 2 is 1.90 bits per heavy atom. The van der Waals surface area contributed by atoms with Crippen molar-refractivity contribution in [3.8, 4) is 17.2 Å². The predicted octanol–water partition coefficient (Wildman–Crippen LogP) is 4.57. The van der Waals surface area contributed by atoms with Gasteiger partial charge >= 0.3 is 0 Å². The molecule has 0 saturated heterocycles. The van der Waals surface area contributed by atoms with Crippen molar-refractivity contribution in [1.82, 2.24) is 5.32 Å². The van der Waals surface area contributed by atoms with Gasteiger partial charge in [0.15, 0.2) is 11.5 Å². The predicted molar refractivity (Wildman–Crippen MR) is 116 cm³/mol. The molecular weight excluding hydrogens is 417 g/mol. The van der Waals surface area contributed by atoms with E-state index >= 15 is 0 Å². The van der Waals surface area contributed by atoms with Crippen molar-refractivity contribution in [2.75, 3.05) is 33.6 Å². The van der Waals surface area contributed by atoms with Gasteiger partial charge in [0.05, 0.1) is 21.3 Å². The number of rotatable bonds is 10. The lowest BCUT2D eigenvalue weighted by Gasteiger charge is -2.13. The number of amides is 1. The molecular formula is C21H23ClFNO4S. The average Bonchev–Trinajstić information content (AvgIpc) is 2.72. The van der Waals surface area contributed by atoms with Crippen LogP contribution in [0.5, 0.6) is 17.2 Å². The Hall–Kier alpha value is -2.38. The highest BCUT2D eigenvalue weighted by Gasteiger charge is 2.14. The minimum Gasteiger partial charge on any atom is -0.493 e. The van der Waals surface area contributed by atoms with Crippen LogP contribution in [0.2, 0.25) is 5.02 Å². The Balaban J connectivity index is 1.86. The average molecular weight is 440 g/mol. The molecule has 1 amide bonds. The van der Waals surface area contributed by atoms with Gasteiger partial charge in [-0.3, -0.25) is 4.79 Å². The molecule has 0 fully saturated rings. The van der Waals surface area contributed by atoms with Crippen LogP contribution in [-0.4, -0.2) is 39.5 Å². The number of hydrogen-bond donors (Lipinski definition) is 1. The fraction of sp³-hybridized carbons (Fsp3) is 0.286. The molecule has 0 aromatic heterocycles. The smallest absolute Gasteiger partial charge is 0.244 e. The van der Waals surface area contributed by atoms with E-state index in [1.54, 1.807) is 37.5 Å². The SMILES string of the molecule is COc1ccc(/C=C/C(=O)NCCSCc2c(F)cccc2Cl)c(OC)c1OC. The molecule has 2 aromatic rings. The van der Waals surface area contributed by atoms with E-state index in [0.717, 1.165) is 0 Å². The van der Waals surface area contributed by atoms with Gasteiger partial charge in [0.25, 0.3) is 0 Å². The number of ether oxygens (including phenoxy) is 3. The standard InChI is InChI=1S/C21H23ClFNO4S/c1-26-18-9-7-14(20(27-2)21(18)28-3)8-10-19(25)24-11-12-29-13-15-16(22)5-4-6-17(15)23/h4-10H,11-13H2,1-3H3,(H,24,25)/b10-8+. The quantitative estimate of drug-likeness (QED) is 0.434.